The van der Waals surface area contributed by atoms with E-state index in [1.165, 1.54) is 7.11 Å². The molecule has 172 valence electrons. The highest BCUT2D eigenvalue weighted by Gasteiger charge is 2.15. The number of thiocarbonyl (C=S) groups is 1. The molecular weight excluding hydrogens is 424 g/mol. The molecule has 0 bridgehead atoms. The smallest absolute Gasteiger partial charge is 0.257 e. The molecule has 0 saturated carbocycles. The van der Waals surface area contributed by atoms with E-state index in [0.717, 1.165) is 5.56 Å². The number of hydrogen-bond acceptors (Lipinski definition) is 5. The van der Waals surface area contributed by atoms with Gasteiger partial charge in [0.2, 0.25) is 5.91 Å². The molecule has 0 atom stereocenters. The number of hydrogen-bond donors (Lipinski definition) is 3. The number of rotatable bonds is 7. The zero-order valence-electron chi connectivity index (χ0n) is 19.5. The lowest BCUT2D eigenvalue weighted by molar-refractivity contribution is -0.116. The third-order valence-corrected chi connectivity index (χ3v) is 4.96. The van der Waals surface area contributed by atoms with Crippen LogP contribution in [-0.4, -0.2) is 49.6 Å². The Labute approximate surface area is 195 Å². The molecule has 7 nitrogen and oxygen atoms in total. The van der Waals surface area contributed by atoms with E-state index in [0.29, 0.717) is 35.7 Å². The highest BCUT2D eigenvalue weighted by molar-refractivity contribution is 7.80. The first-order valence-corrected chi connectivity index (χ1v) is 10.8. The summed E-state index contributed by atoms with van der Waals surface area (Å²) in [6.45, 7) is 7.02. The van der Waals surface area contributed by atoms with Gasteiger partial charge >= 0.3 is 0 Å². The Morgan fingerprint density at radius 1 is 1.03 bits per heavy atom. The van der Waals surface area contributed by atoms with Crippen LogP contribution in [-0.2, 0) is 10.2 Å². The zero-order valence-corrected chi connectivity index (χ0v) is 20.4. The summed E-state index contributed by atoms with van der Waals surface area (Å²) >= 11 is 5.28. The Bertz CT molecular complexity index is 966. The van der Waals surface area contributed by atoms with Crippen molar-refractivity contribution in [2.75, 3.05) is 38.4 Å². The molecular formula is C24H32N4O3S. The third kappa shape index (κ3) is 7.62. The van der Waals surface area contributed by atoms with Gasteiger partial charge in [0.1, 0.15) is 5.75 Å². The van der Waals surface area contributed by atoms with E-state index < -0.39 is 0 Å². The molecule has 0 aliphatic heterocycles. The summed E-state index contributed by atoms with van der Waals surface area (Å²) in [6.07, 6.45) is 0.378. The number of methoxy groups -OCH3 is 1. The summed E-state index contributed by atoms with van der Waals surface area (Å²) in [5, 5.41) is 8.67. The largest absolute Gasteiger partial charge is 0.494 e. The Hall–Kier alpha value is -2.97. The molecule has 3 N–H and O–H groups in total. The lowest BCUT2D eigenvalue weighted by Crippen LogP contribution is -2.34. The molecule has 2 rings (SSSR count). The summed E-state index contributed by atoms with van der Waals surface area (Å²) in [5.74, 6) is 0.0952. The molecule has 2 aromatic rings. The fourth-order valence-electron chi connectivity index (χ4n) is 2.87. The standard InChI is InChI=1S/C24H32N4O3S/c1-24(2,3)17-9-7-16(8-10-17)22(30)27-23(32)25-18-11-12-19(20(15-18)31-6)26-21(29)13-14-28(4)5/h7-12,15H,13-14H2,1-6H3,(H,26,29)(H2,25,27,30,32). The highest BCUT2D eigenvalue weighted by Crippen LogP contribution is 2.28. The van der Waals surface area contributed by atoms with E-state index in [1.807, 2.05) is 31.1 Å². The lowest BCUT2D eigenvalue weighted by Gasteiger charge is -2.19. The molecule has 0 fully saturated rings. The minimum Gasteiger partial charge on any atom is -0.494 e. The number of nitrogens with zero attached hydrogens (tertiary/aromatic N) is 1. The Morgan fingerprint density at radius 3 is 2.25 bits per heavy atom. The maximum atomic E-state index is 12.5. The quantitative estimate of drug-likeness (QED) is 0.546. The number of amides is 2. The van der Waals surface area contributed by atoms with Gasteiger partial charge in [0.25, 0.3) is 5.91 Å². The number of ether oxygens (including phenoxy) is 1. The van der Waals surface area contributed by atoms with Crippen LogP contribution in [0, 0.1) is 0 Å². The van der Waals surface area contributed by atoms with Crippen LogP contribution in [0.2, 0.25) is 0 Å². The normalized spacial score (nSPS) is 11.1. The molecule has 2 aromatic carbocycles. The topological polar surface area (TPSA) is 82.7 Å². The Balaban J connectivity index is 1.99. The molecule has 0 heterocycles. The first kappa shape index (κ1) is 25.3. The molecule has 0 unspecified atom stereocenters. The van der Waals surface area contributed by atoms with Crippen molar-refractivity contribution in [2.24, 2.45) is 0 Å². The molecule has 0 spiro atoms. The molecule has 0 aliphatic rings. The van der Waals surface area contributed by atoms with Crippen molar-refractivity contribution in [3.05, 3.63) is 53.6 Å². The van der Waals surface area contributed by atoms with Crippen LogP contribution < -0.4 is 20.7 Å². The number of benzene rings is 2. The van der Waals surface area contributed by atoms with Gasteiger partial charge in [-0.1, -0.05) is 32.9 Å². The van der Waals surface area contributed by atoms with Crippen LogP contribution in [0.15, 0.2) is 42.5 Å². The van der Waals surface area contributed by atoms with Gasteiger partial charge in [0, 0.05) is 30.3 Å². The SMILES string of the molecule is COc1cc(NC(=S)NC(=O)c2ccc(C(C)(C)C)cc2)ccc1NC(=O)CCN(C)C. The van der Waals surface area contributed by atoms with E-state index in [-0.39, 0.29) is 22.3 Å². The van der Waals surface area contributed by atoms with Gasteiger partial charge in [-0.3, -0.25) is 14.9 Å². The van der Waals surface area contributed by atoms with Crippen LogP contribution in [0.4, 0.5) is 11.4 Å². The van der Waals surface area contributed by atoms with Gasteiger partial charge in [-0.2, -0.15) is 0 Å². The zero-order chi connectivity index (χ0) is 23.9. The summed E-state index contributed by atoms with van der Waals surface area (Å²) in [6, 6.07) is 12.7. The first-order chi connectivity index (χ1) is 15.0. The Morgan fingerprint density at radius 2 is 1.69 bits per heavy atom. The maximum Gasteiger partial charge on any atom is 0.257 e. The summed E-state index contributed by atoms with van der Waals surface area (Å²) < 4.78 is 5.39. The van der Waals surface area contributed by atoms with Gasteiger partial charge in [-0.15, -0.1) is 0 Å². The summed E-state index contributed by atoms with van der Waals surface area (Å²) in [5.41, 5.74) is 2.88. The van der Waals surface area contributed by atoms with Crippen molar-refractivity contribution in [1.29, 1.82) is 0 Å². The van der Waals surface area contributed by atoms with Crippen LogP contribution in [0.25, 0.3) is 0 Å². The second kappa shape index (κ2) is 11.1. The lowest BCUT2D eigenvalue weighted by atomic mass is 9.87. The third-order valence-electron chi connectivity index (χ3n) is 4.76. The fourth-order valence-corrected chi connectivity index (χ4v) is 3.08. The minimum atomic E-state index is -0.292. The summed E-state index contributed by atoms with van der Waals surface area (Å²) in [7, 11) is 5.35. The molecule has 0 radical (unpaired) electrons. The van der Waals surface area contributed by atoms with Gasteiger partial charge in [0.15, 0.2) is 5.11 Å². The van der Waals surface area contributed by atoms with Gasteiger partial charge in [-0.05, 0) is 61.6 Å². The second-order valence-corrected chi connectivity index (χ2v) is 9.16. The maximum absolute atomic E-state index is 12.5. The van der Waals surface area contributed by atoms with Gasteiger partial charge in [0.05, 0.1) is 12.8 Å². The highest BCUT2D eigenvalue weighted by atomic mass is 32.1. The molecule has 2 amide bonds. The Kier molecular flexibility index (Phi) is 8.74. The van der Waals surface area contributed by atoms with Gasteiger partial charge in [-0.25, -0.2) is 0 Å². The van der Waals surface area contributed by atoms with Crippen molar-refractivity contribution in [2.45, 2.75) is 32.6 Å². The van der Waals surface area contributed by atoms with Crippen LogP contribution in [0.3, 0.4) is 0 Å². The number of carbonyl (C=O) groups excluding carboxylic acids is 2. The van der Waals surface area contributed by atoms with Crippen molar-refractivity contribution in [3.63, 3.8) is 0 Å². The first-order valence-electron chi connectivity index (χ1n) is 10.3. The molecule has 32 heavy (non-hydrogen) atoms. The van der Waals surface area contributed by atoms with E-state index >= 15 is 0 Å². The molecule has 0 saturated heterocycles. The average Bonchev–Trinajstić information content (AvgIpc) is 2.72. The number of carbonyl (C=O) groups is 2. The van der Waals surface area contributed by atoms with E-state index in [1.54, 1.807) is 30.3 Å². The number of anilines is 2. The predicted octanol–water partition coefficient (Wildman–Crippen LogP) is 4.01. The average molecular weight is 457 g/mol. The van der Waals surface area contributed by atoms with Crippen molar-refractivity contribution in [1.82, 2.24) is 10.2 Å². The van der Waals surface area contributed by atoms with Crippen molar-refractivity contribution < 1.29 is 14.3 Å². The van der Waals surface area contributed by atoms with E-state index in [2.05, 4.69) is 36.7 Å². The van der Waals surface area contributed by atoms with Crippen molar-refractivity contribution in [3.8, 4) is 5.75 Å². The van der Waals surface area contributed by atoms with Crippen molar-refractivity contribution >= 4 is 40.5 Å². The second-order valence-electron chi connectivity index (χ2n) is 8.75. The van der Waals surface area contributed by atoms with Crippen LogP contribution >= 0.6 is 12.2 Å². The van der Waals surface area contributed by atoms with Crippen LogP contribution in [0.5, 0.6) is 5.75 Å². The number of nitrogens with one attached hydrogen (secondary N) is 3. The minimum absolute atomic E-state index is 0.0168. The van der Waals surface area contributed by atoms with E-state index in [9.17, 15) is 9.59 Å². The van der Waals surface area contributed by atoms with E-state index in [4.69, 9.17) is 17.0 Å². The molecule has 8 heteroatoms. The monoisotopic (exact) mass is 456 g/mol. The predicted molar refractivity (Wildman–Crippen MR) is 134 cm³/mol. The summed E-state index contributed by atoms with van der Waals surface area (Å²) in [4.78, 5) is 26.5. The molecule has 0 aromatic heterocycles. The molecule has 0 aliphatic carbocycles. The van der Waals surface area contributed by atoms with Gasteiger partial charge < -0.3 is 20.3 Å². The van der Waals surface area contributed by atoms with Crippen LogP contribution in [0.1, 0.15) is 43.1 Å². The fraction of sp³-hybridized carbons (Fsp3) is 0.375.